The molecule has 1 aromatic heterocycles. The first-order valence-electron chi connectivity index (χ1n) is 13.2. The number of hydrogen-bond acceptors (Lipinski definition) is 10. The Morgan fingerprint density at radius 3 is 2.42 bits per heavy atom. The van der Waals surface area contributed by atoms with Crippen LogP contribution >= 0.6 is 11.6 Å². The molecule has 2 aliphatic heterocycles. The highest BCUT2D eigenvalue weighted by Crippen LogP contribution is 2.55. The third-order valence-corrected chi connectivity index (χ3v) is 9.75. The Bertz CT molecular complexity index is 1700. The molecule has 3 heterocycles. The summed E-state index contributed by atoms with van der Waals surface area (Å²) < 4.78 is 46.0. The number of β-amino-alcohol motifs (C(OH)–C–C–N with tert-alkyl or cyclic N) is 1. The number of likely N-dealkylation sites (N-methyl/N-ethyl adjacent to an activating group) is 1. The van der Waals surface area contributed by atoms with Crippen molar-refractivity contribution in [1.82, 2.24) is 14.8 Å². The number of benzene rings is 2. The zero-order chi connectivity index (χ0) is 31.3. The fourth-order valence-electron chi connectivity index (χ4n) is 5.91. The van der Waals surface area contributed by atoms with E-state index in [2.05, 4.69) is 4.98 Å². The molecule has 5 rings (SSSR count). The standard InChI is InChI=1S/C29H31ClN4O8S/c1-32(2)27(36)23-13-18(35)16-33(23)29(21-15-31-11-10-24(21)41-4)20-12-17(30)6-8-22(20)34(28(29)37)43(38,39)26-9-7-19(40-3)14-25(26)42-5/h6-12,14-15,18,23,35H,13,16H2,1-5H3/t18-,23+,29?/m1/s1. The van der Waals surface area contributed by atoms with Gasteiger partial charge in [0.2, 0.25) is 5.91 Å². The maximum absolute atomic E-state index is 15.1. The molecule has 43 heavy (non-hydrogen) atoms. The second-order valence-corrected chi connectivity index (χ2v) is 12.5. The third kappa shape index (κ3) is 4.67. The molecule has 0 bridgehead atoms. The highest BCUT2D eigenvalue weighted by molar-refractivity contribution is 7.93. The number of amides is 2. The van der Waals surface area contributed by atoms with Gasteiger partial charge in [0.1, 0.15) is 22.1 Å². The summed E-state index contributed by atoms with van der Waals surface area (Å²) in [6.45, 7) is -0.139. The predicted molar refractivity (Wildman–Crippen MR) is 157 cm³/mol. The van der Waals surface area contributed by atoms with Crippen LogP contribution in [0.1, 0.15) is 17.5 Å². The molecule has 2 amide bonds. The molecule has 12 nitrogen and oxygen atoms in total. The van der Waals surface area contributed by atoms with E-state index in [1.54, 1.807) is 14.1 Å². The summed E-state index contributed by atoms with van der Waals surface area (Å²) >= 11 is 6.50. The topological polar surface area (TPSA) is 139 Å². The van der Waals surface area contributed by atoms with E-state index in [1.807, 2.05) is 0 Å². The van der Waals surface area contributed by atoms with Crippen molar-refractivity contribution in [2.75, 3.05) is 46.3 Å². The minimum atomic E-state index is -4.66. The fraction of sp³-hybridized carbons (Fsp3) is 0.345. The molecule has 1 saturated heterocycles. The number of sulfonamides is 1. The van der Waals surface area contributed by atoms with Crippen LogP contribution in [0.5, 0.6) is 17.2 Å². The van der Waals surface area contributed by atoms with E-state index in [9.17, 15) is 18.3 Å². The van der Waals surface area contributed by atoms with Gasteiger partial charge in [-0.2, -0.15) is 0 Å². The molecule has 0 radical (unpaired) electrons. The number of rotatable bonds is 8. The Labute approximate surface area is 254 Å². The minimum Gasteiger partial charge on any atom is -0.497 e. The molecule has 1 fully saturated rings. The van der Waals surface area contributed by atoms with Gasteiger partial charge in [-0.3, -0.25) is 19.5 Å². The highest BCUT2D eigenvalue weighted by Gasteiger charge is 2.64. The molecule has 3 aromatic rings. The van der Waals surface area contributed by atoms with Gasteiger partial charge in [0.15, 0.2) is 5.54 Å². The van der Waals surface area contributed by atoms with Gasteiger partial charge >= 0.3 is 0 Å². The van der Waals surface area contributed by atoms with E-state index >= 15 is 4.79 Å². The summed E-state index contributed by atoms with van der Waals surface area (Å²) in [5, 5.41) is 11.1. The van der Waals surface area contributed by atoms with Crippen molar-refractivity contribution < 1.29 is 37.3 Å². The first-order chi connectivity index (χ1) is 20.4. The van der Waals surface area contributed by atoms with Crippen molar-refractivity contribution >= 4 is 39.1 Å². The van der Waals surface area contributed by atoms with E-state index in [-0.39, 0.29) is 57.1 Å². The maximum atomic E-state index is 15.1. The molecule has 1 unspecified atom stereocenters. The second-order valence-electron chi connectivity index (χ2n) is 10.3. The van der Waals surface area contributed by atoms with E-state index in [0.29, 0.717) is 10.1 Å². The maximum Gasteiger partial charge on any atom is 0.274 e. The zero-order valence-electron chi connectivity index (χ0n) is 24.1. The number of nitrogens with zero attached hydrogens (tertiary/aromatic N) is 4. The van der Waals surface area contributed by atoms with Gasteiger partial charge < -0.3 is 24.2 Å². The number of fused-ring (bicyclic) bond motifs is 1. The summed E-state index contributed by atoms with van der Waals surface area (Å²) in [7, 11) is 2.61. The van der Waals surface area contributed by atoms with Crippen molar-refractivity contribution in [3.8, 4) is 17.2 Å². The molecule has 3 atom stereocenters. The first kappa shape index (κ1) is 30.5. The highest BCUT2D eigenvalue weighted by atomic mass is 35.5. The van der Waals surface area contributed by atoms with Gasteiger partial charge in [-0.05, 0) is 42.8 Å². The van der Waals surface area contributed by atoms with Gasteiger partial charge in [0.25, 0.3) is 15.9 Å². The number of aliphatic hydroxyl groups excluding tert-OH is 1. The lowest BCUT2D eigenvalue weighted by Gasteiger charge is -2.41. The number of ether oxygens (including phenoxy) is 3. The monoisotopic (exact) mass is 630 g/mol. The van der Waals surface area contributed by atoms with Gasteiger partial charge in [-0.1, -0.05) is 11.6 Å². The number of anilines is 1. The predicted octanol–water partition coefficient (Wildman–Crippen LogP) is 2.26. The molecule has 0 spiro atoms. The van der Waals surface area contributed by atoms with Crippen LogP contribution in [0.3, 0.4) is 0 Å². The number of carbonyl (C=O) groups is 2. The molecular weight excluding hydrogens is 600 g/mol. The minimum absolute atomic E-state index is 0.00354. The smallest absolute Gasteiger partial charge is 0.274 e. The largest absolute Gasteiger partial charge is 0.497 e. The van der Waals surface area contributed by atoms with Crippen molar-refractivity contribution in [3.63, 3.8) is 0 Å². The average molecular weight is 631 g/mol. The Morgan fingerprint density at radius 2 is 1.77 bits per heavy atom. The number of methoxy groups -OCH3 is 3. The summed E-state index contributed by atoms with van der Waals surface area (Å²) in [5.41, 5.74) is -1.63. The van der Waals surface area contributed by atoms with Crippen LogP contribution in [0.25, 0.3) is 0 Å². The number of pyridine rings is 1. The molecule has 1 N–H and O–H groups in total. The average Bonchev–Trinajstić information content (AvgIpc) is 3.50. The van der Waals surface area contributed by atoms with Gasteiger partial charge in [-0.15, -0.1) is 0 Å². The van der Waals surface area contributed by atoms with E-state index in [0.717, 1.165) is 0 Å². The Balaban J connectivity index is 1.86. The number of aliphatic hydroxyl groups is 1. The Morgan fingerprint density at radius 1 is 1.05 bits per heavy atom. The Hall–Kier alpha value is -3.91. The van der Waals surface area contributed by atoms with Crippen LogP contribution in [0.2, 0.25) is 5.02 Å². The van der Waals surface area contributed by atoms with Crippen LogP contribution < -0.4 is 18.5 Å². The third-order valence-electron chi connectivity index (χ3n) is 7.78. The molecule has 228 valence electrons. The number of aromatic nitrogens is 1. The number of likely N-dealkylation sites (tertiary alicyclic amines) is 1. The fourth-order valence-corrected chi connectivity index (χ4v) is 7.69. The van der Waals surface area contributed by atoms with Crippen molar-refractivity contribution in [2.24, 2.45) is 0 Å². The summed E-state index contributed by atoms with van der Waals surface area (Å²) in [4.78, 5) is 35.5. The van der Waals surface area contributed by atoms with Gasteiger partial charge in [0, 0.05) is 55.2 Å². The van der Waals surface area contributed by atoms with Crippen LogP contribution in [0, 0.1) is 0 Å². The lowest BCUT2D eigenvalue weighted by atomic mass is 9.81. The van der Waals surface area contributed by atoms with E-state index < -0.39 is 33.6 Å². The molecular formula is C29H31ClN4O8S. The summed E-state index contributed by atoms with van der Waals surface area (Å²) in [6, 6.07) is 9.05. The molecule has 2 aromatic carbocycles. The van der Waals surface area contributed by atoms with Crippen molar-refractivity contribution in [3.05, 3.63) is 71.0 Å². The molecule has 0 aliphatic carbocycles. The van der Waals surface area contributed by atoms with Crippen LogP contribution in [-0.2, 0) is 25.2 Å². The zero-order valence-corrected chi connectivity index (χ0v) is 25.7. The molecule has 0 saturated carbocycles. The quantitative estimate of drug-likeness (QED) is 0.394. The molecule has 14 heteroatoms. The van der Waals surface area contributed by atoms with E-state index in [1.165, 1.54) is 86.0 Å². The van der Waals surface area contributed by atoms with Crippen LogP contribution in [-0.4, -0.2) is 94.2 Å². The SMILES string of the molecule is COc1ccc(S(=O)(=O)N2C(=O)C(c3cnccc3OC)(N3C[C@H](O)C[C@H]3C(=O)N(C)C)c3cc(Cl)ccc32)c(OC)c1. The van der Waals surface area contributed by atoms with Crippen molar-refractivity contribution in [1.29, 1.82) is 0 Å². The Kier molecular flexibility index (Phi) is 8.03. The molecule has 2 aliphatic rings. The number of halogens is 1. The first-order valence-corrected chi connectivity index (χ1v) is 15.0. The normalized spacial score (nSPS) is 21.9. The number of hydrogen-bond donors (Lipinski definition) is 1. The van der Waals surface area contributed by atoms with Gasteiger partial charge in [0.05, 0.1) is 39.2 Å². The van der Waals surface area contributed by atoms with Crippen LogP contribution in [0.4, 0.5) is 5.69 Å². The van der Waals surface area contributed by atoms with Crippen LogP contribution in [0.15, 0.2) is 59.8 Å². The lowest BCUT2D eigenvalue weighted by molar-refractivity contribution is -0.138. The van der Waals surface area contributed by atoms with E-state index in [4.69, 9.17) is 25.8 Å². The number of carbonyl (C=O) groups excluding carboxylic acids is 2. The van der Waals surface area contributed by atoms with Crippen molar-refractivity contribution in [2.45, 2.75) is 29.0 Å². The van der Waals surface area contributed by atoms with Gasteiger partial charge in [-0.25, -0.2) is 12.7 Å². The summed E-state index contributed by atoms with van der Waals surface area (Å²) in [6.07, 6.45) is 1.86. The lowest BCUT2D eigenvalue weighted by Crippen LogP contribution is -2.59. The second kappa shape index (κ2) is 11.3. The summed E-state index contributed by atoms with van der Waals surface area (Å²) in [5.74, 6) is -0.793.